The number of aromatic carboxylic acids is 1. The van der Waals surface area contributed by atoms with Gasteiger partial charge in [-0.05, 0) is 18.6 Å². The highest BCUT2D eigenvalue weighted by Crippen LogP contribution is 2.24. The van der Waals surface area contributed by atoms with Gasteiger partial charge >= 0.3 is 5.97 Å². The number of nitrogens with one attached hydrogen (secondary N) is 1. The fourth-order valence-corrected chi connectivity index (χ4v) is 2.23. The number of nitrogens with two attached hydrogens (primary N) is 1. The van der Waals surface area contributed by atoms with Crippen LogP contribution in [0.1, 0.15) is 23.2 Å². The van der Waals surface area contributed by atoms with Gasteiger partial charge in [0.1, 0.15) is 5.82 Å². The van der Waals surface area contributed by atoms with E-state index in [9.17, 15) is 14.0 Å². The lowest BCUT2D eigenvalue weighted by Gasteiger charge is -2.31. The molecule has 2 rings (SSSR count). The molecule has 1 fully saturated rings. The number of rotatable bonds is 3. The number of carbonyl (C=O) groups is 2. The van der Waals surface area contributed by atoms with Crippen LogP contribution in [0.25, 0.3) is 0 Å². The lowest BCUT2D eigenvalue weighted by Crippen LogP contribution is -2.43. The van der Waals surface area contributed by atoms with Crippen LogP contribution in [0.2, 0.25) is 0 Å². The average Bonchev–Trinajstić information content (AvgIpc) is 2.36. The number of nitrogen functional groups attached to an aromatic ring is 1. The van der Waals surface area contributed by atoms with E-state index < -0.39 is 11.8 Å². The molecule has 1 aliphatic heterocycles. The topological polar surface area (TPSA) is 95.7 Å². The number of carbonyl (C=O) groups excluding carboxylic acids is 1. The van der Waals surface area contributed by atoms with Crippen molar-refractivity contribution < 1.29 is 19.1 Å². The smallest absolute Gasteiger partial charge is 0.337 e. The molecule has 0 aliphatic carbocycles. The fraction of sp³-hybridized carbons (Fsp3) is 0.385. The minimum absolute atomic E-state index is 0.0482. The molecule has 1 atom stereocenters. The predicted molar refractivity (Wildman–Crippen MR) is 72.1 cm³/mol. The number of piperidine rings is 1. The number of nitrogens with zero attached hydrogens (tertiary/aromatic N) is 1. The molecule has 6 nitrogen and oxygen atoms in total. The number of amides is 1. The zero-order chi connectivity index (χ0) is 14.9. The van der Waals surface area contributed by atoms with E-state index in [0.717, 1.165) is 6.07 Å². The second-order valence-corrected chi connectivity index (χ2v) is 4.88. The van der Waals surface area contributed by atoms with Crippen molar-refractivity contribution in [3.05, 3.63) is 23.5 Å². The van der Waals surface area contributed by atoms with Crippen LogP contribution in [-0.2, 0) is 4.79 Å². The molecule has 1 saturated heterocycles. The molecule has 0 saturated carbocycles. The first-order chi connectivity index (χ1) is 9.38. The Hall–Kier alpha value is -2.31. The third-order valence-corrected chi connectivity index (χ3v) is 3.36. The Balaban J connectivity index is 2.19. The maximum absolute atomic E-state index is 13.8. The standard InChI is InChI=1S/C13H16FN3O3/c1-17-6-7(2-3-12(17)18)16-11-4-8(13(19)20)10(15)5-9(11)14/h4-5,7,16H,2-3,6,15H2,1H3,(H,19,20). The highest BCUT2D eigenvalue weighted by molar-refractivity contribution is 5.95. The van der Waals surface area contributed by atoms with Crippen molar-refractivity contribution >= 4 is 23.3 Å². The van der Waals surface area contributed by atoms with E-state index in [4.69, 9.17) is 10.8 Å². The fourth-order valence-electron chi connectivity index (χ4n) is 2.23. The van der Waals surface area contributed by atoms with E-state index in [1.165, 1.54) is 6.07 Å². The lowest BCUT2D eigenvalue weighted by atomic mass is 10.0. The number of anilines is 2. The second kappa shape index (κ2) is 5.36. The van der Waals surface area contributed by atoms with E-state index in [1.54, 1.807) is 11.9 Å². The quantitative estimate of drug-likeness (QED) is 0.722. The highest BCUT2D eigenvalue weighted by atomic mass is 19.1. The van der Waals surface area contributed by atoms with Crippen LogP contribution >= 0.6 is 0 Å². The zero-order valence-corrected chi connectivity index (χ0v) is 11.0. The van der Waals surface area contributed by atoms with Gasteiger partial charge in [-0.15, -0.1) is 0 Å². The molecule has 1 amide bonds. The van der Waals surface area contributed by atoms with Crippen LogP contribution < -0.4 is 11.1 Å². The van der Waals surface area contributed by atoms with Gasteiger partial charge in [0, 0.05) is 31.7 Å². The summed E-state index contributed by atoms with van der Waals surface area (Å²) in [6.07, 6.45) is 0.964. The minimum Gasteiger partial charge on any atom is -0.478 e. The molecular formula is C13H16FN3O3. The molecule has 0 aromatic heterocycles. The van der Waals surface area contributed by atoms with Crippen LogP contribution in [0.5, 0.6) is 0 Å². The highest BCUT2D eigenvalue weighted by Gasteiger charge is 2.24. The van der Waals surface area contributed by atoms with Gasteiger partial charge in [0.15, 0.2) is 0 Å². The number of halogens is 1. The Morgan fingerprint density at radius 3 is 2.85 bits per heavy atom. The normalized spacial score (nSPS) is 19.0. The van der Waals surface area contributed by atoms with Crippen molar-refractivity contribution in [1.29, 1.82) is 0 Å². The number of hydrogen-bond donors (Lipinski definition) is 3. The molecule has 1 aromatic carbocycles. The lowest BCUT2D eigenvalue weighted by molar-refractivity contribution is -0.132. The third kappa shape index (κ3) is 2.81. The predicted octanol–water partition coefficient (Wildman–Crippen LogP) is 1.14. The Bertz CT molecular complexity index is 562. The van der Waals surface area contributed by atoms with Gasteiger partial charge in [-0.3, -0.25) is 4.79 Å². The first-order valence-corrected chi connectivity index (χ1v) is 6.21. The van der Waals surface area contributed by atoms with Gasteiger partial charge < -0.3 is 21.1 Å². The van der Waals surface area contributed by atoms with Crippen molar-refractivity contribution in [3.63, 3.8) is 0 Å². The summed E-state index contributed by atoms with van der Waals surface area (Å²) < 4.78 is 13.8. The van der Waals surface area contributed by atoms with Crippen molar-refractivity contribution in [2.24, 2.45) is 0 Å². The van der Waals surface area contributed by atoms with Gasteiger partial charge in [-0.1, -0.05) is 0 Å². The van der Waals surface area contributed by atoms with Crippen LogP contribution in [0.15, 0.2) is 12.1 Å². The molecule has 7 heteroatoms. The molecule has 108 valence electrons. The molecule has 1 aliphatic rings. The number of benzene rings is 1. The Labute approximate surface area is 115 Å². The largest absolute Gasteiger partial charge is 0.478 e. The molecule has 0 spiro atoms. The van der Waals surface area contributed by atoms with Crippen LogP contribution in [0.3, 0.4) is 0 Å². The summed E-state index contributed by atoms with van der Waals surface area (Å²) in [4.78, 5) is 23.9. The van der Waals surface area contributed by atoms with E-state index in [2.05, 4.69) is 5.32 Å². The van der Waals surface area contributed by atoms with Crippen LogP contribution in [0.4, 0.5) is 15.8 Å². The number of carboxylic acids is 1. The van der Waals surface area contributed by atoms with E-state index in [0.29, 0.717) is 19.4 Å². The van der Waals surface area contributed by atoms with Crippen molar-refractivity contribution in [3.8, 4) is 0 Å². The molecular weight excluding hydrogens is 265 g/mol. The van der Waals surface area contributed by atoms with E-state index >= 15 is 0 Å². The maximum atomic E-state index is 13.8. The number of carboxylic acid groups (broad SMARTS) is 1. The number of likely N-dealkylation sites (tertiary alicyclic amines) is 1. The molecule has 0 radical (unpaired) electrons. The van der Waals surface area contributed by atoms with Gasteiger partial charge in [0.2, 0.25) is 5.91 Å². The third-order valence-electron chi connectivity index (χ3n) is 3.36. The molecule has 1 heterocycles. The maximum Gasteiger partial charge on any atom is 0.337 e. The van der Waals surface area contributed by atoms with Gasteiger partial charge in [-0.25, -0.2) is 9.18 Å². The molecule has 0 bridgehead atoms. The number of hydrogen-bond acceptors (Lipinski definition) is 4. The molecule has 1 unspecified atom stereocenters. The van der Waals surface area contributed by atoms with E-state index in [-0.39, 0.29) is 28.9 Å². The summed E-state index contributed by atoms with van der Waals surface area (Å²) in [6, 6.07) is 2.06. The summed E-state index contributed by atoms with van der Waals surface area (Å²) >= 11 is 0. The number of likely N-dealkylation sites (N-methyl/N-ethyl adjacent to an activating group) is 1. The summed E-state index contributed by atoms with van der Waals surface area (Å²) in [7, 11) is 1.68. The Morgan fingerprint density at radius 1 is 1.55 bits per heavy atom. The van der Waals surface area contributed by atoms with Crippen molar-refractivity contribution in [2.75, 3.05) is 24.6 Å². The second-order valence-electron chi connectivity index (χ2n) is 4.88. The SMILES string of the molecule is CN1CC(Nc2cc(C(=O)O)c(N)cc2F)CCC1=O. The van der Waals surface area contributed by atoms with Gasteiger partial charge in [0.25, 0.3) is 0 Å². The van der Waals surface area contributed by atoms with Crippen LogP contribution in [0, 0.1) is 5.82 Å². The van der Waals surface area contributed by atoms with Crippen LogP contribution in [-0.4, -0.2) is 41.5 Å². The summed E-state index contributed by atoms with van der Waals surface area (Å²) in [6.45, 7) is 0.449. The minimum atomic E-state index is -1.21. The molecule has 20 heavy (non-hydrogen) atoms. The monoisotopic (exact) mass is 281 g/mol. The summed E-state index contributed by atoms with van der Waals surface area (Å²) in [5, 5.41) is 11.9. The van der Waals surface area contributed by atoms with Gasteiger partial charge in [0.05, 0.1) is 11.3 Å². The molecule has 4 N–H and O–H groups in total. The first-order valence-electron chi connectivity index (χ1n) is 6.21. The van der Waals surface area contributed by atoms with Crippen molar-refractivity contribution in [1.82, 2.24) is 4.90 Å². The van der Waals surface area contributed by atoms with Gasteiger partial charge in [-0.2, -0.15) is 0 Å². The summed E-state index contributed by atoms with van der Waals surface area (Å²) in [5.41, 5.74) is 5.29. The Kier molecular flexibility index (Phi) is 3.78. The Morgan fingerprint density at radius 2 is 2.25 bits per heavy atom. The average molecular weight is 281 g/mol. The first kappa shape index (κ1) is 14.1. The molecule has 1 aromatic rings. The van der Waals surface area contributed by atoms with Crippen molar-refractivity contribution in [2.45, 2.75) is 18.9 Å². The van der Waals surface area contributed by atoms with E-state index in [1.807, 2.05) is 0 Å². The zero-order valence-electron chi connectivity index (χ0n) is 11.0. The summed E-state index contributed by atoms with van der Waals surface area (Å²) in [5.74, 6) is -1.76.